The molecule has 5 heterocycles. The summed E-state index contributed by atoms with van der Waals surface area (Å²) in [6.45, 7) is 9.02. The second kappa shape index (κ2) is 17.4. The Morgan fingerprint density at radius 2 is 1.52 bits per heavy atom. The van der Waals surface area contributed by atoms with Crippen LogP contribution in [0, 0.1) is 37.1 Å². The van der Waals surface area contributed by atoms with Crippen LogP contribution >= 0.6 is 0 Å². The van der Waals surface area contributed by atoms with Gasteiger partial charge in [-0.3, -0.25) is 14.4 Å². The Bertz CT molecular complexity index is 3840. The Kier molecular flexibility index (Phi) is 9.46. The molecular formula is C59H53FIrN4O-2. The van der Waals surface area contributed by atoms with Crippen molar-refractivity contribution in [3.05, 3.63) is 180 Å². The largest absolute Gasteiger partial charge is 0.464 e. The molecule has 0 spiro atoms. The Hall–Kier alpha value is -6.40. The number of halogens is 1. The molecule has 11 rings (SSSR count). The fourth-order valence-corrected chi connectivity index (χ4v) is 9.11. The molecule has 0 unspecified atom stereocenters. The molecule has 11 aromatic rings. The molecule has 0 fully saturated rings. The zero-order valence-corrected chi connectivity index (χ0v) is 40.2. The van der Waals surface area contributed by atoms with Crippen molar-refractivity contribution in [1.82, 2.24) is 18.9 Å². The van der Waals surface area contributed by atoms with Crippen molar-refractivity contribution < 1.29 is 39.9 Å². The van der Waals surface area contributed by atoms with Gasteiger partial charge in [0.15, 0.2) is 0 Å². The average Bonchev–Trinajstić information content (AvgIpc) is 4.15. The Balaban J connectivity index is 0.000000199. The van der Waals surface area contributed by atoms with Gasteiger partial charge in [-0.1, -0.05) is 125 Å². The van der Waals surface area contributed by atoms with E-state index in [9.17, 15) is 4.39 Å². The quantitative estimate of drug-likeness (QED) is 0.149. The van der Waals surface area contributed by atoms with Crippen molar-refractivity contribution in [2.75, 3.05) is 0 Å². The van der Waals surface area contributed by atoms with Gasteiger partial charge >= 0.3 is 0 Å². The molecule has 1 radical (unpaired) electrons. The number of aromatic nitrogens is 4. The Morgan fingerprint density at radius 1 is 0.773 bits per heavy atom. The summed E-state index contributed by atoms with van der Waals surface area (Å²) in [7, 11) is 0. The predicted molar refractivity (Wildman–Crippen MR) is 267 cm³/mol. The number of hydrogen-bond acceptors (Lipinski definition) is 3. The van der Waals surface area contributed by atoms with E-state index in [1.54, 1.807) is 51.3 Å². The monoisotopic (exact) mass is 1050 g/mol. The second-order valence-electron chi connectivity index (χ2n) is 18.3. The van der Waals surface area contributed by atoms with Crippen molar-refractivity contribution >= 4 is 49.1 Å². The van der Waals surface area contributed by atoms with Gasteiger partial charge in [0.25, 0.3) is 0 Å². The van der Waals surface area contributed by atoms with E-state index in [-0.39, 0.29) is 42.6 Å². The normalized spacial score (nSPS) is 14.4. The van der Waals surface area contributed by atoms with Gasteiger partial charge in [0, 0.05) is 71.1 Å². The number of furan rings is 1. The molecule has 0 aliphatic rings. The molecule has 0 saturated carbocycles. The number of imidazole rings is 1. The maximum atomic E-state index is 13.5. The summed E-state index contributed by atoms with van der Waals surface area (Å²) in [4.78, 5) is 9.42. The van der Waals surface area contributed by atoms with Gasteiger partial charge in [-0.25, -0.2) is 0 Å². The molecule has 5 nitrogen and oxygen atoms in total. The van der Waals surface area contributed by atoms with Gasteiger partial charge in [0.05, 0.1) is 23.1 Å². The molecule has 0 saturated heterocycles. The van der Waals surface area contributed by atoms with Crippen LogP contribution in [0.25, 0.3) is 88.8 Å². The molecule has 0 bridgehead atoms. The van der Waals surface area contributed by atoms with E-state index in [0.29, 0.717) is 50.7 Å². The summed E-state index contributed by atoms with van der Waals surface area (Å²) in [5.41, 5.74) is 9.51. The summed E-state index contributed by atoms with van der Waals surface area (Å²) < 4.78 is 91.3. The van der Waals surface area contributed by atoms with Gasteiger partial charge in [-0.05, 0) is 119 Å². The number of fused-ring (bicyclic) bond motifs is 7. The summed E-state index contributed by atoms with van der Waals surface area (Å²) in [5.74, 6) is 1.77. The van der Waals surface area contributed by atoms with Crippen molar-refractivity contribution in [2.45, 2.75) is 80.4 Å². The van der Waals surface area contributed by atoms with Crippen LogP contribution in [0.3, 0.4) is 0 Å². The summed E-state index contributed by atoms with van der Waals surface area (Å²) >= 11 is 0. The van der Waals surface area contributed by atoms with Crippen LogP contribution in [0.15, 0.2) is 138 Å². The van der Waals surface area contributed by atoms with Gasteiger partial charge in [-0.2, -0.15) is 0 Å². The van der Waals surface area contributed by atoms with E-state index in [1.165, 1.54) is 41.2 Å². The first kappa shape index (κ1) is 35.8. The maximum absolute atomic E-state index is 13.5. The number of rotatable bonds is 7. The number of nitrogens with zero attached hydrogens (tertiary/aromatic N) is 4. The van der Waals surface area contributed by atoms with Gasteiger partial charge in [0.1, 0.15) is 5.76 Å². The fourth-order valence-electron chi connectivity index (χ4n) is 9.11. The minimum absolute atomic E-state index is 0. The van der Waals surface area contributed by atoms with Crippen LogP contribution in [0.2, 0.25) is 0 Å². The van der Waals surface area contributed by atoms with Crippen molar-refractivity contribution in [3.8, 4) is 39.7 Å². The summed E-state index contributed by atoms with van der Waals surface area (Å²) in [6.07, 6.45) is 0.783. The van der Waals surface area contributed by atoms with Gasteiger partial charge < -0.3 is 13.4 Å². The van der Waals surface area contributed by atoms with E-state index in [4.69, 9.17) is 20.4 Å². The van der Waals surface area contributed by atoms with E-state index in [1.807, 2.05) is 54.6 Å². The van der Waals surface area contributed by atoms with Crippen molar-refractivity contribution in [3.63, 3.8) is 0 Å². The van der Waals surface area contributed by atoms with Crippen LogP contribution in [-0.4, -0.2) is 18.9 Å². The van der Waals surface area contributed by atoms with Crippen LogP contribution in [0.1, 0.15) is 99.1 Å². The van der Waals surface area contributed by atoms with Crippen molar-refractivity contribution in [1.29, 1.82) is 0 Å². The number of aryl methyl sites for hydroxylation is 2. The maximum Gasteiger partial charge on any atom is 0.133 e. The molecule has 0 aliphatic heterocycles. The van der Waals surface area contributed by atoms with E-state index < -0.39 is 25.5 Å². The standard InChI is InChI=1S/C34H29N2O.C25H24FN2.Ir/c1-20-13-23(31-11-8-12-37-31)17-30-32(20)27-15-22(28-16-24(18-34(3,4)5)21(2)19-35-28)14-26-25-9-6-7-10-29(25)36(30)33(26)27;1-16(2)20-8-7-9-21(17(3)4)24(20)28-23-11-6-5-10-22(23)27-25(28)18-12-14-19(26)15-13-18;/h6-13,15-17,19H,18H2,1-5H3;5-12,14-17H,1-4H3;/q2*-1;/i1D3,2D3,18D2;;. The molecule has 7 heteroatoms. The predicted octanol–water partition coefficient (Wildman–Crippen LogP) is 16.0. The topological polar surface area (TPSA) is 48.3 Å². The number of pyridine rings is 1. The second-order valence-corrected chi connectivity index (χ2v) is 18.3. The fraction of sp³-hybridized carbons (Fsp3) is 0.220. The molecule has 5 aromatic heterocycles. The first-order valence-electron chi connectivity index (χ1n) is 26.0. The molecule has 0 aliphatic carbocycles. The molecular weight excluding hydrogens is 992 g/mol. The number of hydrogen-bond donors (Lipinski definition) is 0. The molecule has 333 valence electrons. The smallest absolute Gasteiger partial charge is 0.133 e. The molecule has 66 heavy (non-hydrogen) atoms. The van der Waals surface area contributed by atoms with E-state index >= 15 is 0 Å². The first-order valence-corrected chi connectivity index (χ1v) is 22.0. The van der Waals surface area contributed by atoms with Crippen LogP contribution in [0.4, 0.5) is 4.39 Å². The number of para-hydroxylation sites is 4. The molecule has 0 N–H and O–H groups in total. The SMILES string of the molecule is CC(C)c1cccc(C(C)C)c1-n1c(-c2[c-]cc(F)cc2)nc2ccccc21.[2H]C([2H])([2H])c1cnc(-c2[c-]c3c4ccccc4n4c5cc(-c6ccco6)cc(C([2H])([2H])[2H])c5c(c2)c34)cc1C([2H])([2H])C(C)(C)C.[Ir]. The van der Waals surface area contributed by atoms with Crippen molar-refractivity contribution in [2.24, 2.45) is 5.41 Å². The molecule has 0 amide bonds. The zero-order valence-electron chi connectivity index (χ0n) is 45.8. The third kappa shape index (κ3) is 7.92. The van der Waals surface area contributed by atoms with Gasteiger partial charge in [0.2, 0.25) is 0 Å². The minimum Gasteiger partial charge on any atom is -0.464 e. The van der Waals surface area contributed by atoms with Crippen LogP contribution in [0.5, 0.6) is 0 Å². The van der Waals surface area contributed by atoms with E-state index in [0.717, 1.165) is 44.2 Å². The zero-order chi connectivity index (χ0) is 52.1. The third-order valence-corrected chi connectivity index (χ3v) is 11.9. The van der Waals surface area contributed by atoms with Crippen LogP contribution < -0.4 is 0 Å². The summed E-state index contributed by atoms with van der Waals surface area (Å²) in [6, 6.07) is 44.1. The minimum atomic E-state index is -2.58. The summed E-state index contributed by atoms with van der Waals surface area (Å²) in [5, 5.41) is 2.91. The van der Waals surface area contributed by atoms with E-state index in [2.05, 4.69) is 78.0 Å². The Labute approximate surface area is 411 Å². The Morgan fingerprint density at radius 3 is 2.20 bits per heavy atom. The first-order chi connectivity index (χ1) is 34.5. The number of benzene rings is 6. The average molecular weight is 1050 g/mol. The molecule has 0 atom stereocenters. The molecule has 6 aromatic carbocycles. The van der Waals surface area contributed by atoms with Crippen LogP contribution in [-0.2, 0) is 26.5 Å². The van der Waals surface area contributed by atoms with Gasteiger partial charge in [-0.15, -0.1) is 42.0 Å². The third-order valence-electron chi connectivity index (χ3n) is 11.9.